The molecule has 184 valence electrons. The number of carbonyl (C=O) groups excluding carboxylic acids is 2. The van der Waals surface area contributed by atoms with Crippen LogP contribution in [0.4, 0.5) is 18.0 Å². The third-order valence-electron chi connectivity index (χ3n) is 6.23. The molecule has 0 aromatic heterocycles. The molecule has 2 atom stereocenters. The fourth-order valence-electron chi connectivity index (χ4n) is 4.38. The zero-order chi connectivity index (χ0) is 24.8. The SMILES string of the molecule is CO[C@@](C)(C(=O)N1CCc2cc(Cl)cc([C@@H]3CCCN3C(=O)OC(C)(C)C)c2C1)C(F)(F)F. The summed E-state index contributed by atoms with van der Waals surface area (Å²) in [5.41, 5.74) is -1.27. The van der Waals surface area contributed by atoms with Crippen LogP contribution >= 0.6 is 11.6 Å². The lowest BCUT2D eigenvalue weighted by atomic mass is 9.89. The van der Waals surface area contributed by atoms with Crippen LogP contribution in [0.1, 0.15) is 63.3 Å². The van der Waals surface area contributed by atoms with E-state index in [-0.39, 0.29) is 19.1 Å². The van der Waals surface area contributed by atoms with E-state index in [0.717, 1.165) is 37.1 Å². The van der Waals surface area contributed by atoms with Crippen molar-refractivity contribution < 1.29 is 32.2 Å². The third-order valence-corrected chi connectivity index (χ3v) is 6.44. The van der Waals surface area contributed by atoms with Gasteiger partial charge in [-0.15, -0.1) is 0 Å². The van der Waals surface area contributed by atoms with Crippen LogP contribution in [0.25, 0.3) is 0 Å². The number of fused-ring (bicyclic) bond motifs is 1. The van der Waals surface area contributed by atoms with Gasteiger partial charge < -0.3 is 19.3 Å². The average molecular weight is 491 g/mol. The fourth-order valence-corrected chi connectivity index (χ4v) is 4.63. The number of halogens is 4. The van der Waals surface area contributed by atoms with Crippen molar-refractivity contribution in [2.45, 2.75) is 76.9 Å². The Kier molecular flexibility index (Phi) is 6.97. The van der Waals surface area contributed by atoms with Crippen LogP contribution < -0.4 is 0 Å². The molecule has 1 aromatic rings. The summed E-state index contributed by atoms with van der Waals surface area (Å²) in [5.74, 6) is -1.14. The van der Waals surface area contributed by atoms with Crippen molar-refractivity contribution in [3.63, 3.8) is 0 Å². The molecule has 0 N–H and O–H groups in total. The zero-order valence-electron chi connectivity index (χ0n) is 19.5. The molecule has 2 aliphatic heterocycles. The van der Waals surface area contributed by atoms with E-state index in [0.29, 0.717) is 24.4 Å². The summed E-state index contributed by atoms with van der Waals surface area (Å²) in [5, 5.41) is 0.483. The highest BCUT2D eigenvalue weighted by Gasteiger charge is 2.59. The van der Waals surface area contributed by atoms with E-state index in [4.69, 9.17) is 16.3 Å². The Balaban J connectivity index is 1.95. The lowest BCUT2D eigenvalue weighted by molar-refractivity contribution is -0.258. The predicted octanol–water partition coefficient (Wildman–Crippen LogP) is 5.26. The van der Waals surface area contributed by atoms with E-state index in [1.807, 2.05) is 0 Å². The van der Waals surface area contributed by atoms with E-state index in [2.05, 4.69) is 4.74 Å². The molecule has 0 aliphatic carbocycles. The summed E-state index contributed by atoms with van der Waals surface area (Å²) in [4.78, 5) is 28.5. The summed E-state index contributed by atoms with van der Waals surface area (Å²) in [6.45, 7) is 6.69. The van der Waals surface area contributed by atoms with Crippen molar-refractivity contribution in [3.8, 4) is 0 Å². The molecule has 0 unspecified atom stereocenters. The molecule has 33 heavy (non-hydrogen) atoms. The molecule has 2 heterocycles. The van der Waals surface area contributed by atoms with Gasteiger partial charge in [-0.3, -0.25) is 4.79 Å². The van der Waals surface area contributed by atoms with Crippen molar-refractivity contribution in [2.24, 2.45) is 0 Å². The Hall–Kier alpha value is -2.00. The minimum absolute atomic E-state index is 0.0195. The standard InChI is InChI=1S/C23H30ClF3N2O4/c1-21(2,3)33-20(31)29-9-6-7-18(29)16-12-15(24)11-14-8-10-28(13-17(14)16)19(30)22(4,32-5)23(25,26)27/h11-12,18H,6-10,13H2,1-5H3/t18-,22-/m0/s1. The molecule has 6 nitrogen and oxygen atoms in total. The fraction of sp³-hybridized carbons (Fsp3) is 0.652. The highest BCUT2D eigenvalue weighted by molar-refractivity contribution is 6.30. The van der Waals surface area contributed by atoms with Gasteiger partial charge in [0.05, 0.1) is 6.04 Å². The average Bonchev–Trinajstić information content (AvgIpc) is 3.19. The Bertz CT molecular complexity index is 932. The quantitative estimate of drug-likeness (QED) is 0.579. The van der Waals surface area contributed by atoms with Gasteiger partial charge in [-0.1, -0.05) is 11.6 Å². The molecular weight excluding hydrogens is 461 g/mol. The first-order valence-corrected chi connectivity index (χ1v) is 11.3. The highest BCUT2D eigenvalue weighted by Crippen LogP contribution is 2.41. The van der Waals surface area contributed by atoms with Gasteiger partial charge in [0.15, 0.2) is 0 Å². The summed E-state index contributed by atoms with van der Waals surface area (Å²) >= 11 is 6.36. The number of likely N-dealkylation sites (tertiary alicyclic amines) is 1. The maximum atomic E-state index is 13.6. The van der Waals surface area contributed by atoms with Crippen LogP contribution in [0, 0.1) is 0 Å². The molecule has 2 amide bonds. The van der Waals surface area contributed by atoms with E-state index < -0.39 is 29.4 Å². The number of carbonyl (C=O) groups is 2. The van der Waals surface area contributed by atoms with Crippen molar-refractivity contribution in [2.75, 3.05) is 20.2 Å². The number of benzene rings is 1. The predicted molar refractivity (Wildman–Crippen MR) is 117 cm³/mol. The number of amides is 2. The first-order valence-electron chi connectivity index (χ1n) is 10.9. The molecule has 1 aromatic carbocycles. The number of hydrogen-bond acceptors (Lipinski definition) is 4. The zero-order valence-corrected chi connectivity index (χ0v) is 20.3. The molecule has 0 saturated carbocycles. The van der Waals surface area contributed by atoms with Crippen molar-refractivity contribution in [1.29, 1.82) is 0 Å². The van der Waals surface area contributed by atoms with Crippen molar-refractivity contribution in [1.82, 2.24) is 9.80 Å². The van der Waals surface area contributed by atoms with E-state index in [9.17, 15) is 22.8 Å². The Morgan fingerprint density at radius 1 is 1.12 bits per heavy atom. The number of hydrogen-bond donors (Lipinski definition) is 0. The number of alkyl halides is 3. The molecular formula is C23H30ClF3N2O4. The third kappa shape index (κ3) is 5.09. The van der Waals surface area contributed by atoms with Crippen molar-refractivity contribution in [3.05, 3.63) is 33.8 Å². The van der Waals surface area contributed by atoms with Crippen LogP contribution in [0.15, 0.2) is 12.1 Å². The van der Waals surface area contributed by atoms with Gasteiger partial charge in [-0.2, -0.15) is 13.2 Å². The summed E-state index contributed by atoms with van der Waals surface area (Å²) in [6.07, 6.45) is -3.54. The van der Waals surface area contributed by atoms with E-state index >= 15 is 0 Å². The second-order valence-electron chi connectivity index (χ2n) is 9.68. The molecule has 2 aliphatic rings. The largest absolute Gasteiger partial charge is 0.444 e. The van der Waals surface area contributed by atoms with Gasteiger partial charge >= 0.3 is 12.3 Å². The Morgan fingerprint density at radius 3 is 2.36 bits per heavy atom. The lowest BCUT2D eigenvalue weighted by Gasteiger charge is -2.38. The molecule has 0 spiro atoms. The normalized spacial score (nSPS) is 20.9. The molecule has 10 heteroatoms. The molecule has 1 saturated heterocycles. The van der Waals surface area contributed by atoms with Gasteiger partial charge in [-0.05, 0) is 75.8 Å². The van der Waals surface area contributed by atoms with Crippen molar-refractivity contribution >= 4 is 23.6 Å². The van der Waals surface area contributed by atoms with Crippen LogP contribution in [0.3, 0.4) is 0 Å². The van der Waals surface area contributed by atoms with Gasteiger partial charge in [0, 0.05) is 31.8 Å². The number of ether oxygens (including phenoxy) is 2. The highest BCUT2D eigenvalue weighted by atomic mass is 35.5. The molecule has 3 rings (SSSR count). The summed E-state index contributed by atoms with van der Waals surface area (Å²) in [7, 11) is 0.881. The molecule has 0 bridgehead atoms. The lowest BCUT2D eigenvalue weighted by Crippen LogP contribution is -2.58. The van der Waals surface area contributed by atoms with E-state index in [1.54, 1.807) is 37.8 Å². The monoisotopic (exact) mass is 490 g/mol. The second-order valence-corrected chi connectivity index (χ2v) is 10.1. The molecule has 0 radical (unpaired) electrons. The smallest absolute Gasteiger partial charge is 0.426 e. The van der Waals surface area contributed by atoms with E-state index in [1.165, 1.54) is 4.90 Å². The Labute approximate surface area is 196 Å². The first-order chi connectivity index (χ1) is 15.2. The van der Waals surface area contributed by atoms with Gasteiger partial charge in [0.1, 0.15) is 5.60 Å². The van der Waals surface area contributed by atoms with Crippen LogP contribution in [-0.4, -0.2) is 59.4 Å². The maximum absolute atomic E-state index is 13.6. The summed E-state index contributed by atoms with van der Waals surface area (Å²) in [6, 6.07) is 3.17. The number of methoxy groups -OCH3 is 1. The van der Waals surface area contributed by atoms with Crippen LogP contribution in [0.2, 0.25) is 5.02 Å². The number of rotatable bonds is 3. The van der Waals surface area contributed by atoms with Gasteiger partial charge in [-0.25, -0.2) is 4.79 Å². The summed E-state index contributed by atoms with van der Waals surface area (Å²) < 4.78 is 51.0. The van der Waals surface area contributed by atoms with Crippen LogP contribution in [-0.2, 0) is 27.2 Å². The van der Waals surface area contributed by atoms with Gasteiger partial charge in [0.2, 0.25) is 5.60 Å². The first kappa shape index (κ1) is 25.6. The minimum atomic E-state index is -4.86. The topological polar surface area (TPSA) is 59.1 Å². The Morgan fingerprint density at radius 2 is 1.79 bits per heavy atom. The second kappa shape index (κ2) is 8.98. The maximum Gasteiger partial charge on any atom is 0.426 e. The minimum Gasteiger partial charge on any atom is -0.444 e. The number of nitrogens with zero attached hydrogens (tertiary/aromatic N) is 2. The van der Waals surface area contributed by atoms with Crippen LogP contribution in [0.5, 0.6) is 0 Å². The van der Waals surface area contributed by atoms with Gasteiger partial charge in [0.25, 0.3) is 5.91 Å². The molecule has 1 fully saturated rings.